The molecule has 208 valence electrons. The molecule has 3 aromatic rings. The van der Waals surface area contributed by atoms with Crippen LogP contribution in [0.3, 0.4) is 0 Å². The Hall–Kier alpha value is -3.72. The molecule has 8 nitrogen and oxygen atoms in total. The molecule has 0 N–H and O–H groups in total. The van der Waals surface area contributed by atoms with Gasteiger partial charge >= 0.3 is 17.9 Å². The minimum Gasteiger partial charge on any atom is -0.469 e. The zero-order valence-corrected chi connectivity index (χ0v) is 23.9. The fourth-order valence-corrected chi connectivity index (χ4v) is 4.99. The fourth-order valence-electron chi connectivity index (χ4n) is 4.26. The molecule has 0 aliphatic carbocycles. The van der Waals surface area contributed by atoms with Crippen molar-refractivity contribution in [2.24, 2.45) is 0 Å². The molecule has 0 fully saturated rings. The molecule has 3 rings (SSSR count). The van der Waals surface area contributed by atoms with E-state index in [-0.39, 0.29) is 30.9 Å². The molecular weight excluding hydrogens is 516 g/mol. The summed E-state index contributed by atoms with van der Waals surface area (Å²) in [6, 6.07) is 11.3. The van der Waals surface area contributed by atoms with Crippen molar-refractivity contribution in [1.29, 1.82) is 0 Å². The van der Waals surface area contributed by atoms with Crippen molar-refractivity contribution in [1.82, 2.24) is 4.57 Å². The maximum absolute atomic E-state index is 13.0. The Labute approximate surface area is 233 Å². The Balaban J connectivity index is 2.10. The number of thiophene rings is 1. The molecule has 1 aromatic carbocycles. The second-order valence-electron chi connectivity index (χ2n) is 9.01. The summed E-state index contributed by atoms with van der Waals surface area (Å²) < 4.78 is 19.4. The monoisotopic (exact) mass is 553 g/mol. The zero-order valence-electron chi connectivity index (χ0n) is 23.1. The Morgan fingerprint density at radius 2 is 1.82 bits per heavy atom. The highest BCUT2D eigenvalue weighted by Gasteiger charge is 2.25. The van der Waals surface area contributed by atoms with Gasteiger partial charge in [0, 0.05) is 23.3 Å². The summed E-state index contributed by atoms with van der Waals surface area (Å²) in [6.45, 7) is 5.20. The number of benzene rings is 1. The fraction of sp³-hybridized carbons (Fsp3) is 0.400. The third-order valence-electron chi connectivity index (χ3n) is 6.30. The van der Waals surface area contributed by atoms with Gasteiger partial charge in [-0.25, -0.2) is 18.7 Å². The van der Waals surface area contributed by atoms with Crippen LogP contribution in [0.2, 0.25) is 0 Å². The smallest absolute Gasteiger partial charge is 0.337 e. The number of rotatable bonds is 14. The van der Waals surface area contributed by atoms with Crippen molar-refractivity contribution in [3.05, 3.63) is 81.1 Å². The molecule has 2 aromatic heterocycles. The average molecular weight is 554 g/mol. The summed E-state index contributed by atoms with van der Waals surface area (Å²) in [5, 5.41) is 1.99. The molecule has 0 saturated heterocycles. The molecule has 0 spiro atoms. The van der Waals surface area contributed by atoms with E-state index in [4.69, 9.17) is 14.2 Å². The molecule has 0 radical (unpaired) electrons. The van der Waals surface area contributed by atoms with Crippen LogP contribution in [0, 0.1) is 0 Å². The lowest BCUT2D eigenvalue weighted by Crippen LogP contribution is -2.38. The number of nitrogens with zero attached hydrogens (tertiary/aromatic N) is 2. The summed E-state index contributed by atoms with van der Waals surface area (Å²) in [5.74, 6) is 0.0286. The van der Waals surface area contributed by atoms with Gasteiger partial charge in [-0.1, -0.05) is 31.5 Å². The lowest BCUT2D eigenvalue weighted by molar-refractivity contribution is -0.702. The maximum atomic E-state index is 13.0. The van der Waals surface area contributed by atoms with Crippen molar-refractivity contribution in [2.75, 3.05) is 20.8 Å². The first-order valence-electron chi connectivity index (χ1n) is 13.2. The highest BCUT2D eigenvalue weighted by atomic mass is 32.1. The van der Waals surface area contributed by atoms with Gasteiger partial charge in [-0.2, -0.15) is 0 Å². The number of carbonyl (C=O) groups is 3. The quantitative estimate of drug-likeness (QED) is 0.124. The van der Waals surface area contributed by atoms with Crippen molar-refractivity contribution >= 4 is 35.3 Å². The molecule has 0 bridgehead atoms. The lowest BCUT2D eigenvalue weighted by Gasteiger charge is -2.08. The summed E-state index contributed by atoms with van der Waals surface area (Å²) in [7, 11) is 2.75. The highest BCUT2D eigenvalue weighted by Crippen LogP contribution is 2.21. The van der Waals surface area contributed by atoms with Crippen LogP contribution in [-0.4, -0.2) is 43.3 Å². The van der Waals surface area contributed by atoms with Crippen LogP contribution < -0.4 is 4.57 Å². The second-order valence-corrected chi connectivity index (χ2v) is 10.0. The number of esters is 3. The zero-order chi connectivity index (χ0) is 28.2. The predicted octanol–water partition coefficient (Wildman–Crippen LogP) is 4.77. The van der Waals surface area contributed by atoms with E-state index < -0.39 is 0 Å². The van der Waals surface area contributed by atoms with Crippen molar-refractivity contribution in [3.8, 4) is 0 Å². The maximum Gasteiger partial charge on any atom is 0.337 e. The number of aryl methyl sites for hydroxylation is 1. The first kappa shape index (κ1) is 29.8. The number of hydrogen-bond acceptors (Lipinski definition) is 7. The first-order valence-corrected chi connectivity index (χ1v) is 14.0. The number of aromatic nitrogens is 2. The number of imidazole rings is 1. The van der Waals surface area contributed by atoms with Gasteiger partial charge in [0.2, 0.25) is 0 Å². The standard InChI is InChI=1S/C30H37N2O6S/c1-5-7-10-27-31(16-15-28(33)36-3)21-25(18-24(30(35)38-6-2)19-26-9-8-17-39-26)32(27)20-22-11-13-23(14-12-22)29(34)37-4/h8-9,11-14,17-18,21H,5-7,10,15-16,19-20H2,1-4H3/q+1/b24-18+. The molecule has 0 aliphatic rings. The van der Waals surface area contributed by atoms with Gasteiger partial charge in [0.15, 0.2) is 5.69 Å². The van der Waals surface area contributed by atoms with Crippen molar-refractivity contribution in [2.45, 2.75) is 59.0 Å². The largest absolute Gasteiger partial charge is 0.469 e. The van der Waals surface area contributed by atoms with Gasteiger partial charge in [0.05, 0.1) is 32.8 Å². The van der Waals surface area contributed by atoms with Crippen LogP contribution in [0.15, 0.2) is 53.5 Å². The van der Waals surface area contributed by atoms with Crippen LogP contribution in [0.5, 0.6) is 0 Å². The van der Waals surface area contributed by atoms with E-state index in [1.807, 2.05) is 41.9 Å². The molecule has 0 saturated carbocycles. The highest BCUT2D eigenvalue weighted by molar-refractivity contribution is 7.09. The van der Waals surface area contributed by atoms with Crippen LogP contribution in [0.1, 0.15) is 65.4 Å². The van der Waals surface area contributed by atoms with Crippen LogP contribution >= 0.6 is 11.3 Å². The van der Waals surface area contributed by atoms with Crippen LogP contribution in [0.4, 0.5) is 0 Å². The summed E-state index contributed by atoms with van der Waals surface area (Å²) in [5.41, 5.74) is 2.86. The minimum atomic E-state index is -0.386. The Morgan fingerprint density at radius 3 is 2.44 bits per heavy atom. The summed E-state index contributed by atoms with van der Waals surface area (Å²) >= 11 is 1.59. The van der Waals surface area contributed by atoms with Gasteiger partial charge in [-0.15, -0.1) is 11.3 Å². The third kappa shape index (κ3) is 8.38. The normalized spacial score (nSPS) is 11.3. The predicted molar refractivity (Wildman–Crippen MR) is 149 cm³/mol. The Morgan fingerprint density at radius 1 is 1.05 bits per heavy atom. The van der Waals surface area contributed by atoms with E-state index in [0.29, 0.717) is 30.6 Å². The van der Waals surface area contributed by atoms with Crippen LogP contribution in [-0.2, 0) is 49.7 Å². The topological polar surface area (TPSA) is 87.7 Å². The molecule has 39 heavy (non-hydrogen) atoms. The van der Waals surface area contributed by atoms with Crippen molar-refractivity contribution < 1.29 is 33.2 Å². The van der Waals surface area contributed by atoms with Gasteiger partial charge in [-0.05, 0) is 48.6 Å². The molecule has 0 amide bonds. The average Bonchev–Trinajstić information content (AvgIpc) is 3.58. The molecular formula is C30H37N2O6S+. The van der Waals surface area contributed by atoms with Crippen LogP contribution in [0.25, 0.3) is 6.08 Å². The Kier molecular flexibility index (Phi) is 11.5. The number of methoxy groups -OCH3 is 2. The number of hydrogen-bond donors (Lipinski definition) is 0. The molecule has 9 heteroatoms. The Bertz CT molecular complexity index is 1280. The number of unbranched alkanes of at least 4 members (excludes halogenated alkanes) is 1. The van der Waals surface area contributed by atoms with E-state index in [1.165, 1.54) is 14.2 Å². The second kappa shape index (κ2) is 15.0. The summed E-state index contributed by atoms with van der Waals surface area (Å²) in [4.78, 5) is 37.9. The van der Waals surface area contributed by atoms with E-state index in [9.17, 15) is 14.4 Å². The molecule has 0 unspecified atom stereocenters. The van der Waals surface area contributed by atoms with Crippen molar-refractivity contribution in [3.63, 3.8) is 0 Å². The van der Waals surface area contributed by atoms with E-state index in [1.54, 1.807) is 30.4 Å². The summed E-state index contributed by atoms with van der Waals surface area (Å²) in [6.07, 6.45) is 7.35. The van der Waals surface area contributed by atoms with E-state index in [2.05, 4.69) is 16.1 Å². The SMILES string of the molecule is CCCCc1n(Cc2ccc(C(=O)OC)cc2)c(/C=C(\Cc2cccs2)C(=O)OCC)c[n+]1CCC(=O)OC. The number of ether oxygens (including phenoxy) is 3. The van der Waals surface area contributed by atoms with Gasteiger partial charge in [-0.3, -0.25) is 4.79 Å². The van der Waals surface area contributed by atoms with Gasteiger partial charge < -0.3 is 14.2 Å². The van der Waals surface area contributed by atoms with Gasteiger partial charge in [0.25, 0.3) is 5.82 Å². The lowest BCUT2D eigenvalue weighted by atomic mass is 10.1. The van der Waals surface area contributed by atoms with E-state index >= 15 is 0 Å². The molecule has 0 atom stereocenters. The van der Waals surface area contributed by atoms with Gasteiger partial charge in [0.1, 0.15) is 19.3 Å². The first-order chi connectivity index (χ1) is 18.9. The molecule has 0 aliphatic heterocycles. The minimum absolute atomic E-state index is 0.237. The third-order valence-corrected chi connectivity index (χ3v) is 7.18. The molecule has 2 heterocycles. The number of carbonyl (C=O) groups excluding carboxylic acids is 3. The van der Waals surface area contributed by atoms with E-state index in [0.717, 1.165) is 41.2 Å².